The summed E-state index contributed by atoms with van der Waals surface area (Å²) in [5.74, 6) is 0.740. The van der Waals surface area contributed by atoms with Crippen molar-refractivity contribution in [3.8, 4) is 11.4 Å². The minimum atomic E-state index is -0.225. The van der Waals surface area contributed by atoms with E-state index in [1.54, 1.807) is 0 Å². The van der Waals surface area contributed by atoms with Crippen LogP contribution in [0.2, 0.25) is 0 Å². The standard InChI is InChI=1S/C9H7IN2O2/c10-7-3-1-6(2-4-7)9-11-8(5-13)14-12-9/h1-4,13H,5H2. The summed E-state index contributed by atoms with van der Waals surface area (Å²) in [7, 11) is 0. The molecule has 2 rings (SSSR count). The monoisotopic (exact) mass is 302 g/mol. The van der Waals surface area contributed by atoms with Gasteiger partial charge in [-0.15, -0.1) is 0 Å². The fraction of sp³-hybridized carbons (Fsp3) is 0.111. The smallest absolute Gasteiger partial charge is 0.252 e. The largest absolute Gasteiger partial charge is 0.387 e. The van der Waals surface area contributed by atoms with Gasteiger partial charge in [0.05, 0.1) is 0 Å². The third-order valence-electron chi connectivity index (χ3n) is 1.71. The van der Waals surface area contributed by atoms with Gasteiger partial charge in [-0.1, -0.05) is 17.3 Å². The van der Waals surface area contributed by atoms with Crippen molar-refractivity contribution in [2.45, 2.75) is 6.61 Å². The molecule has 1 aromatic carbocycles. The van der Waals surface area contributed by atoms with Gasteiger partial charge in [0, 0.05) is 9.13 Å². The highest BCUT2D eigenvalue weighted by atomic mass is 127. The number of nitrogens with zero attached hydrogens (tertiary/aromatic N) is 2. The number of hydrogen-bond donors (Lipinski definition) is 1. The van der Waals surface area contributed by atoms with Crippen molar-refractivity contribution in [1.82, 2.24) is 10.1 Å². The Morgan fingerprint density at radius 1 is 1.29 bits per heavy atom. The Hall–Kier alpha value is -0.950. The predicted octanol–water partition coefficient (Wildman–Crippen LogP) is 1.83. The van der Waals surface area contributed by atoms with Crippen LogP contribution in [-0.2, 0) is 6.61 Å². The van der Waals surface area contributed by atoms with E-state index in [9.17, 15) is 0 Å². The van der Waals surface area contributed by atoms with Gasteiger partial charge >= 0.3 is 0 Å². The van der Waals surface area contributed by atoms with Gasteiger partial charge in [-0.25, -0.2) is 0 Å². The van der Waals surface area contributed by atoms with Crippen molar-refractivity contribution >= 4 is 22.6 Å². The highest BCUT2D eigenvalue weighted by molar-refractivity contribution is 14.1. The lowest BCUT2D eigenvalue weighted by Gasteiger charge is -1.93. The molecular formula is C9H7IN2O2. The van der Waals surface area contributed by atoms with E-state index in [1.807, 2.05) is 24.3 Å². The summed E-state index contributed by atoms with van der Waals surface area (Å²) in [6.45, 7) is -0.225. The average Bonchev–Trinajstić information content (AvgIpc) is 2.67. The molecule has 0 aliphatic carbocycles. The first kappa shape index (κ1) is 9.60. The van der Waals surface area contributed by atoms with Crippen molar-refractivity contribution in [2.75, 3.05) is 0 Å². The summed E-state index contributed by atoms with van der Waals surface area (Å²) in [5, 5.41) is 12.5. The van der Waals surface area contributed by atoms with Crippen LogP contribution in [0, 0.1) is 3.57 Å². The van der Waals surface area contributed by atoms with Crippen LogP contribution in [0.1, 0.15) is 5.89 Å². The Balaban J connectivity index is 2.34. The van der Waals surface area contributed by atoms with Gasteiger partial charge in [0.2, 0.25) is 5.82 Å². The average molecular weight is 302 g/mol. The number of halogens is 1. The lowest BCUT2D eigenvalue weighted by Crippen LogP contribution is -1.83. The van der Waals surface area contributed by atoms with Crippen LogP contribution in [-0.4, -0.2) is 15.2 Å². The lowest BCUT2D eigenvalue weighted by atomic mass is 10.2. The Labute approximate surface area is 94.1 Å². The molecule has 0 aliphatic rings. The van der Waals surface area contributed by atoms with E-state index in [4.69, 9.17) is 9.63 Å². The molecule has 0 saturated heterocycles. The topological polar surface area (TPSA) is 59.2 Å². The number of aromatic nitrogens is 2. The highest BCUT2D eigenvalue weighted by Crippen LogP contribution is 2.17. The summed E-state index contributed by atoms with van der Waals surface area (Å²) in [6, 6.07) is 7.75. The number of aliphatic hydroxyl groups is 1. The summed E-state index contributed by atoms with van der Waals surface area (Å²) >= 11 is 2.22. The van der Waals surface area contributed by atoms with Gasteiger partial charge in [-0.2, -0.15) is 4.98 Å². The van der Waals surface area contributed by atoms with Gasteiger partial charge in [-0.05, 0) is 34.7 Å². The zero-order chi connectivity index (χ0) is 9.97. The van der Waals surface area contributed by atoms with Gasteiger partial charge in [0.15, 0.2) is 0 Å². The van der Waals surface area contributed by atoms with Crippen LogP contribution in [0.3, 0.4) is 0 Å². The molecule has 1 aromatic heterocycles. The molecule has 4 nitrogen and oxygen atoms in total. The molecule has 72 valence electrons. The van der Waals surface area contributed by atoms with Crippen molar-refractivity contribution in [3.05, 3.63) is 33.7 Å². The minimum Gasteiger partial charge on any atom is -0.387 e. The Morgan fingerprint density at radius 3 is 2.57 bits per heavy atom. The molecule has 2 aromatic rings. The molecule has 1 heterocycles. The molecule has 0 unspecified atom stereocenters. The lowest BCUT2D eigenvalue weighted by molar-refractivity contribution is 0.222. The molecule has 0 radical (unpaired) electrons. The third kappa shape index (κ3) is 1.93. The van der Waals surface area contributed by atoms with Crippen LogP contribution in [0.4, 0.5) is 0 Å². The van der Waals surface area contributed by atoms with Crippen molar-refractivity contribution in [2.24, 2.45) is 0 Å². The van der Waals surface area contributed by atoms with E-state index >= 15 is 0 Å². The van der Waals surface area contributed by atoms with E-state index in [1.165, 1.54) is 0 Å². The molecule has 0 saturated carbocycles. The van der Waals surface area contributed by atoms with Gasteiger partial charge < -0.3 is 9.63 Å². The summed E-state index contributed by atoms with van der Waals surface area (Å²) in [4.78, 5) is 4.00. The zero-order valence-corrected chi connectivity index (χ0v) is 9.30. The van der Waals surface area contributed by atoms with E-state index in [0.717, 1.165) is 9.13 Å². The maximum absolute atomic E-state index is 8.74. The molecule has 0 amide bonds. The highest BCUT2D eigenvalue weighted by Gasteiger charge is 2.06. The van der Waals surface area contributed by atoms with E-state index in [0.29, 0.717) is 5.82 Å². The van der Waals surface area contributed by atoms with Crippen molar-refractivity contribution in [3.63, 3.8) is 0 Å². The molecule has 0 aliphatic heterocycles. The molecule has 0 bridgehead atoms. The van der Waals surface area contributed by atoms with E-state index in [2.05, 4.69) is 32.7 Å². The van der Waals surface area contributed by atoms with Gasteiger partial charge in [0.1, 0.15) is 6.61 Å². The Morgan fingerprint density at radius 2 is 2.00 bits per heavy atom. The summed E-state index contributed by atoms with van der Waals surface area (Å²) in [5.41, 5.74) is 0.883. The van der Waals surface area contributed by atoms with Gasteiger partial charge in [-0.3, -0.25) is 0 Å². The fourth-order valence-corrected chi connectivity index (χ4v) is 1.39. The minimum absolute atomic E-state index is 0.225. The Kier molecular flexibility index (Phi) is 2.78. The van der Waals surface area contributed by atoms with Crippen LogP contribution >= 0.6 is 22.6 Å². The molecular weight excluding hydrogens is 295 g/mol. The number of hydrogen-bond acceptors (Lipinski definition) is 4. The normalized spacial score (nSPS) is 10.4. The maximum Gasteiger partial charge on any atom is 0.252 e. The first-order chi connectivity index (χ1) is 6.79. The second-order valence-corrected chi connectivity index (χ2v) is 3.92. The molecule has 1 N–H and O–H groups in total. The van der Waals surface area contributed by atoms with Crippen molar-refractivity contribution < 1.29 is 9.63 Å². The molecule has 0 fully saturated rings. The van der Waals surface area contributed by atoms with Crippen LogP contribution in [0.5, 0.6) is 0 Å². The maximum atomic E-state index is 8.74. The molecule has 5 heteroatoms. The number of aliphatic hydroxyl groups excluding tert-OH is 1. The quantitative estimate of drug-likeness (QED) is 0.860. The van der Waals surface area contributed by atoms with Crippen LogP contribution < -0.4 is 0 Å². The Bertz CT molecular complexity index is 425. The first-order valence-corrected chi connectivity index (χ1v) is 5.07. The van der Waals surface area contributed by atoms with Gasteiger partial charge in [0.25, 0.3) is 5.89 Å². The number of benzene rings is 1. The molecule has 14 heavy (non-hydrogen) atoms. The second kappa shape index (κ2) is 4.05. The van der Waals surface area contributed by atoms with Crippen molar-refractivity contribution in [1.29, 1.82) is 0 Å². The first-order valence-electron chi connectivity index (χ1n) is 3.99. The molecule has 0 spiro atoms. The predicted molar refractivity (Wildman–Crippen MR) is 58.4 cm³/mol. The van der Waals surface area contributed by atoms with E-state index in [-0.39, 0.29) is 12.5 Å². The second-order valence-electron chi connectivity index (χ2n) is 2.68. The third-order valence-corrected chi connectivity index (χ3v) is 2.42. The summed E-state index contributed by atoms with van der Waals surface area (Å²) in [6.07, 6.45) is 0. The van der Waals surface area contributed by atoms with Crippen LogP contribution in [0.15, 0.2) is 28.8 Å². The number of rotatable bonds is 2. The fourth-order valence-electron chi connectivity index (χ4n) is 1.04. The zero-order valence-electron chi connectivity index (χ0n) is 7.14. The summed E-state index contributed by atoms with van der Waals surface area (Å²) < 4.78 is 5.94. The van der Waals surface area contributed by atoms with Crippen LogP contribution in [0.25, 0.3) is 11.4 Å². The SMILES string of the molecule is OCc1nc(-c2ccc(I)cc2)no1. The molecule has 0 atom stereocenters. The van der Waals surface area contributed by atoms with E-state index < -0.39 is 0 Å².